The van der Waals surface area contributed by atoms with Gasteiger partial charge in [-0.15, -0.1) is 0 Å². The first kappa shape index (κ1) is 20.1. The van der Waals surface area contributed by atoms with Crippen molar-refractivity contribution in [1.82, 2.24) is 10.1 Å². The number of anilines is 1. The van der Waals surface area contributed by atoms with Gasteiger partial charge in [0.15, 0.2) is 0 Å². The van der Waals surface area contributed by atoms with Gasteiger partial charge in [0, 0.05) is 25.2 Å². The van der Waals surface area contributed by atoms with Crippen LogP contribution in [0.3, 0.4) is 0 Å². The number of nitrogens with one attached hydrogen (secondary N) is 1. The summed E-state index contributed by atoms with van der Waals surface area (Å²) in [7, 11) is 0. The molecule has 1 N–H and O–H groups in total. The van der Waals surface area contributed by atoms with Gasteiger partial charge < -0.3 is 14.7 Å². The van der Waals surface area contributed by atoms with Crippen LogP contribution in [0, 0.1) is 12.7 Å². The normalized spacial score (nSPS) is 13.7. The Morgan fingerprint density at radius 3 is 2.83 bits per heavy atom. The Balaban J connectivity index is 1.59. The average Bonchev–Trinajstić information content (AvgIpc) is 3.28. The number of hydrogen-bond acceptors (Lipinski definition) is 4. The summed E-state index contributed by atoms with van der Waals surface area (Å²) in [5, 5.41) is 6.80. The molecular formula is C22H19ClFN3O3. The molecule has 0 radical (unpaired) electrons. The van der Waals surface area contributed by atoms with E-state index in [2.05, 4.69) is 10.5 Å². The summed E-state index contributed by atoms with van der Waals surface area (Å²) in [6.07, 6.45) is 1.44. The van der Waals surface area contributed by atoms with Gasteiger partial charge in [-0.2, -0.15) is 0 Å². The first-order valence-corrected chi connectivity index (χ1v) is 9.90. The van der Waals surface area contributed by atoms with Crippen LogP contribution in [0.1, 0.15) is 34.5 Å². The third-order valence-electron chi connectivity index (χ3n) is 5.02. The second-order valence-corrected chi connectivity index (χ2v) is 7.54. The van der Waals surface area contributed by atoms with Crippen LogP contribution in [0.5, 0.6) is 0 Å². The molecule has 0 aliphatic carbocycles. The van der Waals surface area contributed by atoms with E-state index in [1.165, 1.54) is 18.2 Å². The fraction of sp³-hybridized carbons (Fsp3) is 0.227. The predicted molar refractivity (Wildman–Crippen MR) is 111 cm³/mol. The van der Waals surface area contributed by atoms with Gasteiger partial charge in [0.1, 0.15) is 22.8 Å². The zero-order valence-electron chi connectivity index (χ0n) is 16.2. The van der Waals surface area contributed by atoms with Crippen molar-refractivity contribution in [2.24, 2.45) is 0 Å². The Morgan fingerprint density at radius 1 is 1.30 bits per heavy atom. The Bertz CT molecular complexity index is 1110. The van der Waals surface area contributed by atoms with Gasteiger partial charge in [0.25, 0.3) is 5.91 Å². The van der Waals surface area contributed by atoms with Gasteiger partial charge in [-0.1, -0.05) is 35.0 Å². The fourth-order valence-corrected chi connectivity index (χ4v) is 3.82. The Labute approximate surface area is 177 Å². The van der Waals surface area contributed by atoms with Crippen molar-refractivity contribution in [1.29, 1.82) is 0 Å². The smallest absolute Gasteiger partial charge is 0.261 e. The lowest BCUT2D eigenvalue weighted by molar-refractivity contribution is -0.128. The molecule has 2 amide bonds. The van der Waals surface area contributed by atoms with Crippen molar-refractivity contribution < 1.29 is 18.5 Å². The van der Waals surface area contributed by atoms with Crippen molar-refractivity contribution >= 4 is 29.1 Å². The lowest BCUT2D eigenvalue weighted by Gasteiger charge is -2.16. The van der Waals surface area contributed by atoms with Crippen LogP contribution in [-0.4, -0.2) is 28.4 Å². The molecule has 2 heterocycles. The van der Waals surface area contributed by atoms with Crippen LogP contribution < -0.4 is 5.32 Å². The molecule has 0 bridgehead atoms. The number of aromatic nitrogens is 1. The van der Waals surface area contributed by atoms with Gasteiger partial charge in [0.05, 0.1) is 10.6 Å². The summed E-state index contributed by atoms with van der Waals surface area (Å²) in [6, 6.07) is 11.5. The molecule has 0 spiro atoms. The molecule has 1 aliphatic heterocycles. The first-order valence-electron chi connectivity index (χ1n) is 9.53. The molecule has 8 heteroatoms. The lowest BCUT2D eigenvalue weighted by Crippen LogP contribution is -2.23. The summed E-state index contributed by atoms with van der Waals surface area (Å²) in [6.45, 7) is 2.81. The monoisotopic (exact) mass is 427 g/mol. The fourth-order valence-electron chi connectivity index (χ4n) is 3.57. The number of benzene rings is 2. The van der Waals surface area contributed by atoms with Crippen molar-refractivity contribution in [3.8, 4) is 11.3 Å². The second kappa shape index (κ2) is 8.28. The van der Waals surface area contributed by atoms with E-state index in [-0.39, 0.29) is 33.5 Å². The largest absolute Gasteiger partial charge is 0.360 e. The third-order valence-corrected chi connectivity index (χ3v) is 5.33. The number of aryl methyl sites for hydroxylation is 1. The number of carbonyl (C=O) groups is 2. The standard InChI is InChI=1S/C22H19ClFN3O3/c1-13-19(21(26-30-13)20-16(23)7-3-8-17(20)24)22(29)25-15-6-2-5-14(11-15)12-27-10-4-9-18(27)28/h2-3,5-8,11H,4,9-10,12H2,1H3,(H,25,29). The number of likely N-dealkylation sites (tertiary alicyclic amines) is 1. The molecule has 154 valence electrons. The summed E-state index contributed by atoms with van der Waals surface area (Å²) in [5.41, 5.74) is 1.63. The van der Waals surface area contributed by atoms with Gasteiger partial charge in [-0.05, 0) is 43.2 Å². The highest BCUT2D eigenvalue weighted by Gasteiger charge is 2.26. The van der Waals surface area contributed by atoms with E-state index in [9.17, 15) is 14.0 Å². The Morgan fingerprint density at radius 2 is 2.10 bits per heavy atom. The molecule has 1 aromatic heterocycles. The molecular weight excluding hydrogens is 409 g/mol. The number of carbonyl (C=O) groups excluding carboxylic acids is 2. The minimum atomic E-state index is -0.595. The van der Waals surface area contributed by atoms with Crippen LogP contribution in [0.2, 0.25) is 5.02 Å². The van der Waals surface area contributed by atoms with E-state index in [0.717, 1.165) is 18.5 Å². The van der Waals surface area contributed by atoms with Gasteiger partial charge >= 0.3 is 0 Å². The molecule has 4 rings (SSSR count). The van der Waals surface area contributed by atoms with E-state index in [0.29, 0.717) is 18.7 Å². The minimum Gasteiger partial charge on any atom is -0.360 e. The van der Waals surface area contributed by atoms with E-state index in [1.807, 2.05) is 12.1 Å². The SMILES string of the molecule is Cc1onc(-c2c(F)cccc2Cl)c1C(=O)Nc1cccc(CN2CCCC2=O)c1. The molecule has 3 aromatic rings. The number of amides is 2. The zero-order chi connectivity index (χ0) is 21.3. The number of halogens is 2. The van der Waals surface area contributed by atoms with Crippen molar-refractivity contribution in [3.05, 3.63) is 70.2 Å². The third kappa shape index (κ3) is 3.93. The first-order chi connectivity index (χ1) is 14.4. The minimum absolute atomic E-state index is 0.0162. The Hall–Kier alpha value is -3.19. The molecule has 0 atom stereocenters. The van der Waals surface area contributed by atoms with Crippen LogP contribution in [0.4, 0.5) is 10.1 Å². The average molecular weight is 428 g/mol. The van der Waals surface area contributed by atoms with Crippen LogP contribution in [0.15, 0.2) is 47.0 Å². The molecule has 1 fully saturated rings. The second-order valence-electron chi connectivity index (χ2n) is 7.13. The molecule has 1 saturated heterocycles. The van der Waals surface area contributed by atoms with Crippen molar-refractivity contribution in [2.45, 2.75) is 26.3 Å². The molecule has 6 nitrogen and oxygen atoms in total. The van der Waals surface area contributed by atoms with Gasteiger partial charge in [-0.3, -0.25) is 9.59 Å². The lowest BCUT2D eigenvalue weighted by atomic mass is 10.0. The quantitative estimate of drug-likeness (QED) is 0.633. The maximum atomic E-state index is 14.4. The zero-order valence-corrected chi connectivity index (χ0v) is 17.0. The summed E-state index contributed by atoms with van der Waals surface area (Å²) >= 11 is 6.14. The number of nitrogens with zero attached hydrogens (tertiary/aromatic N) is 2. The van der Waals surface area contributed by atoms with E-state index in [1.54, 1.807) is 24.0 Å². The van der Waals surface area contributed by atoms with Crippen molar-refractivity contribution in [2.75, 3.05) is 11.9 Å². The maximum Gasteiger partial charge on any atom is 0.261 e. The highest BCUT2D eigenvalue weighted by Crippen LogP contribution is 2.33. The molecule has 30 heavy (non-hydrogen) atoms. The van der Waals surface area contributed by atoms with Crippen LogP contribution >= 0.6 is 11.6 Å². The van der Waals surface area contributed by atoms with E-state index >= 15 is 0 Å². The summed E-state index contributed by atoms with van der Waals surface area (Å²) < 4.78 is 19.5. The van der Waals surface area contributed by atoms with Crippen LogP contribution in [0.25, 0.3) is 11.3 Å². The molecule has 0 unspecified atom stereocenters. The molecule has 1 aliphatic rings. The van der Waals surface area contributed by atoms with E-state index in [4.69, 9.17) is 16.1 Å². The Kier molecular flexibility index (Phi) is 5.55. The van der Waals surface area contributed by atoms with Gasteiger partial charge in [-0.25, -0.2) is 4.39 Å². The van der Waals surface area contributed by atoms with Crippen LogP contribution in [-0.2, 0) is 11.3 Å². The molecule has 0 saturated carbocycles. The summed E-state index contributed by atoms with van der Waals surface area (Å²) in [5.74, 6) is -0.698. The highest BCUT2D eigenvalue weighted by atomic mass is 35.5. The van der Waals surface area contributed by atoms with Gasteiger partial charge in [0.2, 0.25) is 5.91 Å². The number of rotatable bonds is 5. The van der Waals surface area contributed by atoms with E-state index < -0.39 is 11.7 Å². The van der Waals surface area contributed by atoms with Crippen molar-refractivity contribution in [3.63, 3.8) is 0 Å². The maximum absolute atomic E-state index is 14.4. The summed E-state index contributed by atoms with van der Waals surface area (Å²) in [4.78, 5) is 26.6. The molecule has 2 aromatic carbocycles. The predicted octanol–water partition coefficient (Wildman–Crippen LogP) is 4.82. The highest BCUT2D eigenvalue weighted by molar-refractivity contribution is 6.33. The topological polar surface area (TPSA) is 75.4 Å². The number of hydrogen-bond donors (Lipinski definition) is 1.